The molecule has 2 aliphatic rings. The minimum Gasteiger partial charge on any atom is -0.466 e. The minimum atomic E-state index is -0.118. The molecule has 1 unspecified atom stereocenters. The monoisotopic (exact) mass is 421 g/mol. The second-order valence-corrected chi connectivity index (χ2v) is 9.41. The van der Waals surface area contributed by atoms with E-state index in [4.69, 9.17) is 16.3 Å². The normalized spacial score (nSPS) is 24.8. The highest BCUT2D eigenvalue weighted by atomic mass is 35.5. The SMILES string of the molecule is CCOC(=O)C[C@@]12CC[C@@H]1CC(Cc1ccccc1)c1c2[nH]c2c(C)c(Cl)ccc12. The van der Waals surface area contributed by atoms with Crippen molar-refractivity contribution in [2.24, 2.45) is 5.92 Å². The number of benzene rings is 2. The Bertz CT molecular complexity index is 1100. The zero-order chi connectivity index (χ0) is 20.9. The Kier molecular flexibility index (Phi) is 4.89. The number of rotatable bonds is 5. The van der Waals surface area contributed by atoms with Gasteiger partial charge in [0, 0.05) is 21.5 Å². The Balaban J connectivity index is 1.65. The van der Waals surface area contributed by atoms with Crippen LogP contribution in [0, 0.1) is 12.8 Å². The summed E-state index contributed by atoms with van der Waals surface area (Å²) in [7, 11) is 0. The first-order valence-corrected chi connectivity index (χ1v) is 11.4. The van der Waals surface area contributed by atoms with Crippen molar-refractivity contribution in [3.05, 3.63) is 69.9 Å². The van der Waals surface area contributed by atoms with Gasteiger partial charge in [0.2, 0.25) is 0 Å². The second kappa shape index (κ2) is 7.46. The van der Waals surface area contributed by atoms with Crippen LogP contribution in [-0.4, -0.2) is 17.6 Å². The third-order valence-corrected chi connectivity index (χ3v) is 7.90. The molecule has 3 nitrogen and oxygen atoms in total. The number of esters is 1. The molecular weight excluding hydrogens is 394 g/mol. The minimum absolute atomic E-state index is 0.0805. The Morgan fingerprint density at radius 3 is 2.73 bits per heavy atom. The van der Waals surface area contributed by atoms with E-state index in [0.29, 0.717) is 24.9 Å². The Labute approximate surface area is 182 Å². The zero-order valence-electron chi connectivity index (χ0n) is 17.6. The van der Waals surface area contributed by atoms with Crippen LogP contribution in [0.2, 0.25) is 5.02 Å². The predicted octanol–water partition coefficient (Wildman–Crippen LogP) is 6.46. The van der Waals surface area contributed by atoms with Crippen LogP contribution in [0.4, 0.5) is 0 Å². The number of aromatic nitrogens is 1. The summed E-state index contributed by atoms with van der Waals surface area (Å²) in [5.74, 6) is 0.882. The Morgan fingerprint density at radius 1 is 1.23 bits per heavy atom. The lowest BCUT2D eigenvalue weighted by Crippen LogP contribution is -2.50. The molecule has 0 bridgehead atoms. The van der Waals surface area contributed by atoms with Gasteiger partial charge >= 0.3 is 5.97 Å². The summed E-state index contributed by atoms with van der Waals surface area (Å²) in [6, 6.07) is 14.9. The van der Waals surface area contributed by atoms with Crippen molar-refractivity contribution in [2.75, 3.05) is 6.61 Å². The maximum atomic E-state index is 12.6. The van der Waals surface area contributed by atoms with Gasteiger partial charge in [0.05, 0.1) is 18.5 Å². The molecular formula is C26H28ClNO2. The van der Waals surface area contributed by atoms with Crippen LogP contribution < -0.4 is 0 Å². The average molecular weight is 422 g/mol. The third-order valence-electron chi connectivity index (χ3n) is 7.49. The largest absolute Gasteiger partial charge is 0.466 e. The van der Waals surface area contributed by atoms with Gasteiger partial charge in [-0.25, -0.2) is 0 Å². The molecule has 0 radical (unpaired) electrons. The van der Waals surface area contributed by atoms with E-state index < -0.39 is 0 Å². The molecule has 0 amide bonds. The fourth-order valence-corrected chi connectivity index (χ4v) is 6.08. The molecule has 2 aromatic carbocycles. The number of nitrogens with one attached hydrogen (secondary N) is 1. The number of halogens is 1. The number of carbonyl (C=O) groups is 1. The van der Waals surface area contributed by atoms with Crippen LogP contribution in [0.25, 0.3) is 10.9 Å². The molecule has 2 aliphatic carbocycles. The molecule has 3 atom stereocenters. The van der Waals surface area contributed by atoms with E-state index in [1.165, 1.54) is 28.6 Å². The molecule has 5 rings (SSSR count). The van der Waals surface area contributed by atoms with Crippen LogP contribution in [0.1, 0.15) is 60.9 Å². The number of fused-ring (bicyclic) bond motifs is 5. The van der Waals surface area contributed by atoms with Gasteiger partial charge in [0.25, 0.3) is 0 Å². The van der Waals surface area contributed by atoms with Gasteiger partial charge in [-0.1, -0.05) is 48.0 Å². The molecule has 0 saturated heterocycles. The molecule has 1 fully saturated rings. The van der Waals surface area contributed by atoms with Crippen molar-refractivity contribution in [2.45, 2.75) is 57.3 Å². The summed E-state index contributed by atoms with van der Waals surface area (Å²) < 4.78 is 5.37. The summed E-state index contributed by atoms with van der Waals surface area (Å²) in [5.41, 5.74) is 6.12. The number of aromatic amines is 1. The molecule has 1 heterocycles. The fraction of sp³-hybridized carbons (Fsp3) is 0.423. The molecule has 30 heavy (non-hydrogen) atoms. The first-order chi connectivity index (χ1) is 14.5. The summed E-state index contributed by atoms with van der Waals surface area (Å²) in [5, 5.41) is 2.05. The quantitative estimate of drug-likeness (QED) is 0.480. The molecule has 0 aliphatic heterocycles. The third kappa shape index (κ3) is 2.98. The van der Waals surface area contributed by atoms with Gasteiger partial charge in [-0.15, -0.1) is 0 Å². The molecule has 3 aromatic rings. The molecule has 156 valence electrons. The van der Waals surface area contributed by atoms with Crippen molar-refractivity contribution in [1.82, 2.24) is 4.98 Å². The standard InChI is InChI=1S/C26H28ClNO2/c1-3-30-22(29)15-26-12-11-19(26)14-18(13-17-7-5-4-6-8-17)23-20-9-10-21(27)16(2)24(20)28-25(23)26/h4-10,18-19,28H,3,11-15H2,1-2H3/t18?,19-,26+/m1/s1. The summed E-state index contributed by atoms with van der Waals surface area (Å²) >= 11 is 6.46. The van der Waals surface area contributed by atoms with Crippen molar-refractivity contribution >= 4 is 28.5 Å². The molecule has 0 spiro atoms. The lowest BCUT2D eigenvalue weighted by Gasteiger charge is -2.54. The highest BCUT2D eigenvalue weighted by Gasteiger charge is 2.55. The van der Waals surface area contributed by atoms with E-state index >= 15 is 0 Å². The van der Waals surface area contributed by atoms with Crippen LogP contribution in [-0.2, 0) is 21.4 Å². The average Bonchev–Trinajstić information content (AvgIpc) is 3.12. The van der Waals surface area contributed by atoms with Crippen LogP contribution in [0.5, 0.6) is 0 Å². The van der Waals surface area contributed by atoms with E-state index in [-0.39, 0.29) is 11.4 Å². The Morgan fingerprint density at radius 2 is 2.03 bits per heavy atom. The maximum Gasteiger partial charge on any atom is 0.306 e. The highest BCUT2D eigenvalue weighted by Crippen LogP contribution is 2.61. The summed E-state index contributed by atoms with van der Waals surface area (Å²) in [4.78, 5) is 16.3. The first-order valence-electron chi connectivity index (χ1n) is 11.0. The van der Waals surface area contributed by atoms with Gasteiger partial charge in [0.15, 0.2) is 0 Å². The zero-order valence-corrected chi connectivity index (χ0v) is 18.4. The lowest BCUT2D eigenvalue weighted by molar-refractivity contribution is -0.147. The lowest BCUT2D eigenvalue weighted by atomic mass is 9.50. The number of ether oxygens (including phenoxy) is 1. The maximum absolute atomic E-state index is 12.6. The van der Waals surface area contributed by atoms with E-state index in [1.54, 1.807) is 0 Å². The van der Waals surface area contributed by atoms with Crippen molar-refractivity contribution in [3.63, 3.8) is 0 Å². The molecule has 4 heteroatoms. The number of aryl methyl sites for hydroxylation is 1. The highest BCUT2D eigenvalue weighted by molar-refractivity contribution is 6.32. The second-order valence-electron chi connectivity index (χ2n) is 9.00. The smallest absolute Gasteiger partial charge is 0.306 e. The first kappa shape index (κ1) is 19.7. The molecule has 1 aromatic heterocycles. The van der Waals surface area contributed by atoms with E-state index in [0.717, 1.165) is 35.4 Å². The van der Waals surface area contributed by atoms with E-state index in [1.807, 2.05) is 13.0 Å². The van der Waals surface area contributed by atoms with Crippen LogP contribution in [0.15, 0.2) is 42.5 Å². The van der Waals surface area contributed by atoms with Gasteiger partial charge in [-0.05, 0) is 74.1 Å². The van der Waals surface area contributed by atoms with Gasteiger partial charge in [-0.2, -0.15) is 0 Å². The molecule has 1 saturated carbocycles. The predicted molar refractivity (Wildman–Crippen MR) is 121 cm³/mol. The van der Waals surface area contributed by atoms with E-state index in [9.17, 15) is 4.79 Å². The Hall–Kier alpha value is -2.26. The molecule has 1 N–H and O–H groups in total. The number of hydrogen-bond donors (Lipinski definition) is 1. The summed E-state index contributed by atoms with van der Waals surface area (Å²) in [6.45, 7) is 4.39. The van der Waals surface area contributed by atoms with Gasteiger partial charge in [0.1, 0.15) is 0 Å². The number of carbonyl (C=O) groups excluding carboxylic acids is 1. The van der Waals surface area contributed by atoms with Crippen molar-refractivity contribution in [1.29, 1.82) is 0 Å². The van der Waals surface area contributed by atoms with Crippen LogP contribution in [0.3, 0.4) is 0 Å². The van der Waals surface area contributed by atoms with Gasteiger partial charge in [-0.3, -0.25) is 4.79 Å². The van der Waals surface area contributed by atoms with Crippen molar-refractivity contribution < 1.29 is 9.53 Å². The number of H-pyrrole nitrogens is 1. The van der Waals surface area contributed by atoms with E-state index in [2.05, 4.69) is 48.3 Å². The van der Waals surface area contributed by atoms with Crippen LogP contribution >= 0.6 is 11.6 Å². The summed E-state index contributed by atoms with van der Waals surface area (Å²) in [6.07, 6.45) is 4.83. The van der Waals surface area contributed by atoms with Gasteiger partial charge < -0.3 is 9.72 Å². The van der Waals surface area contributed by atoms with Crippen molar-refractivity contribution in [3.8, 4) is 0 Å². The fourth-order valence-electron chi connectivity index (χ4n) is 5.92. The number of hydrogen-bond acceptors (Lipinski definition) is 2. The topological polar surface area (TPSA) is 42.1 Å².